The molecular weight excluding hydrogens is 282 g/mol. The smallest absolute Gasteiger partial charge is 0.241 e. The van der Waals surface area contributed by atoms with Gasteiger partial charge in [-0.1, -0.05) is 0 Å². The van der Waals surface area contributed by atoms with Gasteiger partial charge in [0, 0.05) is 11.1 Å². The fourth-order valence-corrected chi connectivity index (χ4v) is 3.26. The molecule has 7 heteroatoms. The van der Waals surface area contributed by atoms with Crippen molar-refractivity contribution in [1.29, 1.82) is 0 Å². The van der Waals surface area contributed by atoms with E-state index in [-0.39, 0.29) is 11.4 Å². The van der Waals surface area contributed by atoms with Crippen molar-refractivity contribution in [3.05, 3.63) is 39.8 Å². The Morgan fingerprint density at radius 1 is 1.37 bits per heavy atom. The fourth-order valence-electron chi connectivity index (χ4n) is 1.58. The summed E-state index contributed by atoms with van der Waals surface area (Å²) < 4.78 is 26.8. The number of benzene rings is 1. The first-order chi connectivity index (χ1) is 8.90. The van der Waals surface area contributed by atoms with Crippen LogP contribution in [0.4, 0.5) is 5.69 Å². The zero-order chi connectivity index (χ0) is 14.0. The van der Waals surface area contributed by atoms with Crippen LogP contribution >= 0.6 is 11.3 Å². The number of hydrogen-bond acceptors (Lipinski definition) is 5. The quantitative estimate of drug-likeness (QED) is 0.843. The van der Waals surface area contributed by atoms with E-state index in [1.807, 2.05) is 13.8 Å². The van der Waals surface area contributed by atoms with Crippen LogP contribution in [0.15, 0.2) is 27.9 Å². The van der Waals surface area contributed by atoms with Gasteiger partial charge in [-0.25, -0.2) is 18.1 Å². The Labute approximate surface area is 116 Å². The summed E-state index contributed by atoms with van der Waals surface area (Å²) in [5.41, 5.74) is 10.4. The molecule has 0 amide bonds. The van der Waals surface area contributed by atoms with E-state index in [4.69, 9.17) is 5.73 Å². The molecule has 2 rings (SSSR count). The highest BCUT2D eigenvalue weighted by molar-refractivity contribution is 7.89. The van der Waals surface area contributed by atoms with Crippen LogP contribution in [0.2, 0.25) is 0 Å². The van der Waals surface area contributed by atoms with Crippen LogP contribution in [0.1, 0.15) is 16.8 Å². The number of nitrogen functional groups attached to an aromatic ring is 1. The molecule has 0 saturated heterocycles. The summed E-state index contributed by atoms with van der Waals surface area (Å²) in [4.78, 5) is 4.21. The second-order valence-corrected chi connectivity index (χ2v) is 6.74. The average molecular weight is 297 g/mol. The Morgan fingerprint density at radius 3 is 2.68 bits per heavy atom. The molecule has 1 aromatic heterocycles. The highest BCUT2D eigenvalue weighted by Gasteiger charge is 2.16. The molecule has 0 radical (unpaired) electrons. The van der Waals surface area contributed by atoms with Gasteiger partial charge < -0.3 is 5.73 Å². The van der Waals surface area contributed by atoms with Crippen molar-refractivity contribution < 1.29 is 8.42 Å². The van der Waals surface area contributed by atoms with E-state index in [0.717, 1.165) is 11.1 Å². The van der Waals surface area contributed by atoms with E-state index < -0.39 is 10.0 Å². The molecule has 0 bridgehead atoms. The number of hydrogen-bond donors (Lipinski definition) is 2. The molecule has 0 saturated carbocycles. The number of rotatable bonds is 4. The number of nitrogens with zero attached hydrogens (tertiary/aromatic N) is 1. The van der Waals surface area contributed by atoms with Gasteiger partial charge in [0.05, 0.1) is 22.6 Å². The highest BCUT2D eigenvalue weighted by Crippen LogP contribution is 2.21. The monoisotopic (exact) mass is 297 g/mol. The zero-order valence-electron chi connectivity index (χ0n) is 10.7. The molecule has 0 fully saturated rings. The van der Waals surface area contributed by atoms with Gasteiger partial charge in [0.1, 0.15) is 0 Å². The van der Waals surface area contributed by atoms with Crippen LogP contribution < -0.4 is 10.5 Å². The minimum absolute atomic E-state index is 0.179. The third-order valence-electron chi connectivity index (χ3n) is 2.92. The lowest BCUT2D eigenvalue weighted by molar-refractivity contribution is 0.580. The molecule has 3 N–H and O–H groups in total. The number of aromatic nitrogens is 1. The lowest BCUT2D eigenvalue weighted by atomic mass is 10.1. The third kappa shape index (κ3) is 3.12. The number of nitrogens with one attached hydrogen (secondary N) is 1. The molecule has 102 valence electrons. The van der Waals surface area contributed by atoms with Crippen LogP contribution in [0.3, 0.4) is 0 Å². The van der Waals surface area contributed by atoms with Crippen molar-refractivity contribution in [3.8, 4) is 0 Å². The Balaban J connectivity index is 2.24. The third-order valence-corrected chi connectivity index (χ3v) is 4.93. The van der Waals surface area contributed by atoms with E-state index in [9.17, 15) is 8.42 Å². The molecule has 0 aliphatic rings. The number of nitrogens with two attached hydrogens (primary N) is 1. The standard InChI is InChI=1S/C12H15N3O2S2/c1-8-3-11(4-12(13)9(8)2)19(16,17)15-5-10-6-18-7-14-10/h3-4,6-7,15H,5,13H2,1-2H3. The first kappa shape index (κ1) is 14.0. The molecule has 2 aromatic rings. The second-order valence-electron chi connectivity index (χ2n) is 4.26. The van der Waals surface area contributed by atoms with Gasteiger partial charge in [-0.3, -0.25) is 0 Å². The highest BCUT2D eigenvalue weighted by atomic mass is 32.2. The summed E-state index contributed by atoms with van der Waals surface area (Å²) in [6.07, 6.45) is 0. The van der Waals surface area contributed by atoms with Crippen molar-refractivity contribution in [2.45, 2.75) is 25.3 Å². The van der Waals surface area contributed by atoms with Crippen molar-refractivity contribution in [1.82, 2.24) is 9.71 Å². The first-order valence-corrected chi connectivity index (χ1v) is 8.06. The van der Waals surface area contributed by atoms with Crippen molar-refractivity contribution in [3.63, 3.8) is 0 Å². The summed E-state index contributed by atoms with van der Waals surface area (Å²) in [7, 11) is -3.56. The molecule has 1 aromatic carbocycles. The summed E-state index contributed by atoms with van der Waals surface area (Å²) in [5.74, 6) is 0. The number of thiazole rings is 1. The predicted molar refractivity (Wildman–Crippen MR) is 76.5 cm³/mol. The molecule has 0 aliphatic heterocycles. The van der Waals surface area contributed by atoms with Crippen molar-refractivity contribution in [2.24, 2.45) is 0 Å². The lowest BCUT2D eigenvalue weighted by Crippen LogP contribution is -2.23. The van der Waals surface area contributed by atoms with Gasteiger partial charge in [-0.15, -0.1) is 11.3 Å². The van der Waals surface area contributed by atoms with Gasteiger partial charge in [0.15, 0.2) is 0 Å². The normalized spacial score (nSPS) is 11.7. The van der Waals surface area contributed by atoms with Crippen LogP contribution in [0, 0.1) is 13.8 Å². The molecule has 0 atom stereocenters. The Bertz CT molecular complexity index is 656. The second kappa shape index (κ2) is 5.28. The maximum absolute atomic E-state index is 12.2. The first-order valence-electron chi connectivity index (χ1n) is 5.63. The van der Waals surface area contributed by atoms with Crippen LogP contribution in [-0.4, -0.2) is 13.4 Å². The summed E-state index contributed by atoms with van der Waals surface area (Å²) in [5, 5.41) is 1.80. The maximum Gasteiger partial charge on any atom is 0.241 e. The van der Waals surface area contributed by atoms with Crippen LogP contribution in [-0.2, 0) is 16.6 Å². The average Bonchev–Trinajstić information content (AvgIpc) is 2.86. The molecule has 0 unspecified atom stereocenters. The molecule has 19 heavy (non-hydrogen) atoms. The molecule has 0 spiro atoms. The largest absolute Gasteiger partial charge is 0.398 e. The zero-order valence-corrected chi connectivity index (χ0v) is 12.3. The van der Waals surface area contributed by atoms with Crippen molar-refractivity contribution >= 4 is 27.0 Å². The number of anilines is 1. The van der Waals surface area contributed by atoms with E-state index >= 15 is 0 Å². The van der Waals surface area contributed by atoms with Gasteiger partial charge in [-0.05, 0) is 37.1 Å². The van der Waals surface area contributed by atoms with Crippen LogP contribution in [0.5, 0.6) is 0 Å². The molecule has 1 heterocycles. The molecule has 5 nitrogen and oxygen atoms in total. The minimum Gasteiger partial charge on any atom is -0.398 e. The fraction of sp³-hybridized carbons (Fsp3) is 0.250. The minimum atomic E-state index is -3.56. The van der Waals surface area contributed by atoms with Crippen LogP contribution in [0.25, 0.3) is 0 Å². The predicted octanol–water partition coefficient (Wildman–Crippen LogP) is 1.82. The number of aryl methyl sites for hydroxylation is 1. The van der Waals surface area contributed by atoms with E-state index in [0.29, 0.717) is 11.4 Å². The van der Waals surface area contributed by atoms with Crippen molar-refractivity contribution in [2.75, 3.05) is 5.73 Å². The maximum atomic E-state index is 12.2. The van der Waals surface area contributed by atoms with Gasteiger partial charge in [0.25, 0.3) is 0 Å². The SMILES string of the molecule is Cc1cc(S(=O)(=O)NCc2cscn2)cc(N)c1C. The lowest BCUT2D eigenvalue weighted by Gasteiger charge is -2.10. The number of sulfonamides is 1. The molecule has 0 aliphatic carbocycles. The van der Waals surface area contributed by atoms with E-state index in [1.165, 1.54) is 17.4 Å². The molecular formula is C12H15N3O2S2. The van der Waals surface area contributed by atoms with Gasteiger partial charge in [0.2, 0.25) is 10.0 Å². The Kier molecular flexibility index (Phi) is 3.88. The van der Waals surface area contributed by atoms with Gasteiger partial charge >= 0.3 is 0 Å². The Morgan fingerprint density at radius 2 is 2.11 bits per heavy atom. The van der Waals surface area contributed by atoms with E-state index in [2.05, 4.69) is 9.71 Å². The topological polar surface area (TPSA) is 85.1 Å². The summed E-state index contributed by atoms with van der Waals surface area (Å²) in [6.45, 7) is 3.88. The summed E-state index contributed by atoms with van der Waals surface area (Å²) in [6, 6.07) is 3.10. The van der Waals surface area contributed by atoms with Gasteiger partial charge in [-0.2, -0.15) is 0 Å². The Hall–Kier alpha value is -1.44. The van der Waals surface area contributed by atoms with E-state index in [1.54, 1.807) is 17.0 Å². The summed E-state index contributed by atoms with van der Waals surface area (Å²) >= 11 is 1.43.